The van der Waals surface area contributed by atoms with Gasteiger partial charge in [-0.2, -0.15) is 0 Å². The van der Waals surface area contributed by atoms with Crippen LogP contribution in [0.2, 0.25) is 10.0 Å². The molecule has 0 aliphatic heterocycles. The number of rotatable bonds is 6. The van der Waals surface area contributed by atoms with Crippen molar-refractivity contribution in [3.05, 3.63) is 58.1 Å². The predicted octanol–water partition coefficient (Wildman–Crippen LogP) is 3.28. The molecule has 8 heteroatoms. The van der Waals surface area contributed by atoms with Crippen LogP contribution in [-0.2, 0) is 9.63 Å². The number of halogens is 2. The Morgan fingerprint density at radius 3 is 2.71 bits per heavy atom. The second-order valence-corrected chi connectivity index (χ2v) is 5.50. The van der Waals surface area contributed by atoms with E-state index in [0.717, 1.165) is 0 Å². The molecule has 126 valence electrons. The summed E-state index contributed by atoms with van der Waals surface area (Å²) in [6, 6.07) is 11.7. The molecule has 2 aromatic carbocycles. The van der Waals surface area contributed by atoms with Crippen LogP contribution < -0.4 is 15.8 Å². The number of nitrogens with two attached hydrogens (primary N) is 1. The number of amidine groups is 1. The molecule has 0 spiro atoms. The lowest BCUT2D eigenvalue weighted by molar-refractivity contribution is -0.120. The van der Waals surface area contributed by atoms with Crippen LogP contribution in [0.5, 0.6) is 5.75 Å². The Kier molecular flexibility index (Phi) is 6.28. The van der Waals surface area contributed by atoms with E-state index in [1.165, 1.54) is 7.11 Å². The summed E-state index contributed by atoms with van der Waals surface area (Å²) in [7, 11) is 1.51. The largest absolute Gasteiger partial charge is 0.495 e. The molecule has 6 nitrogen and oxygen atoms in total. The van der Waals surface area contributed by atoms with E-state index in [1.54, 1.807) is 42.5 Å². The quantitative estimate of drug-likeness (QED) is 0.466. The zero-order chi connectivity index (χ0) is 17.5. The normalized spacial score (nSPS) is 11.0. The molecule has 0 atom stereocenters. The molecule has 24 heavy (non-hydrogen) atoms. The summed E-state index contributed by atoms with van der Waals surface area (Å²) in [6.45, 7) is -0.301. The average Bonchev–Trinajstić information content (AvgIpc) is 2.55. The first kappa shape index (κ1) is 17.9. The third-order valence-electron chi connectivity index (χ3n) is 2.91. The Balaban J connectivity index is 1.89. The maximum atomic E-state index is 11.8. The number of amides is 1. The van der Waals surface area contributed by atoms with Gasteiger partial charge in [0.1, 0.15) is 5.75 Å². The van der Waals surface area contributed by atoms with Crippen molar-refractivity contribution >= 4 is 40.6 Å². The van der Waals surface area contributed by atoms with Crippen molar-refractivity contribution in [1.82, 2.24) is 0 Å². The van der Waals surface area contributed by atoms with Gasteiger partial charge in [0.05, 0.1) is 12.1 Å². The van der Waals surface area contributed by atoms with E-state index in [9.17, 15) is 4.79 Å². The lowest BCUT2D eigenvalue weighted by Gasteiger charge is -2.07. The second-order valence-electron chi connectivity index (χ2n) is 4.66. The van der Waals surface area contributed by atoms with Gasteiger partial charge in [-0.15, -0.1) is 0 Å². The molecule has 0 fully saturated rings. The highest BCUT2D eigenvalue weighted by Crippen LogP contribution is 2.27. The fourth-order valence-electron chi connectivity index (χ4n) is 1.80. The van der Waals surface area contributed by atoms with Gasteiger partial charge in [-0.05, 0) is 30.3 Å². The molecule has 0 saturated carbocycles. The van der Waals surface area contributed by atoms with Crippen LogP contribution in [0, 0.1) is 0 Å². The highest BCUT2D eigenvalue weighted by Gasteiger charge is 2.07. The number of hydrogen-bond donors (Lipinski definition) is 2. The summed E-state index contributed by atoms with van der Waals surface area (Å²) in [4.78, 5) is 16.8. The molecule has 0 aromatic heterocycles. The number of methoxy groups -OCH3 is 1. The van der Waals surface area contributed by atoms with Gasteiger partial charge >= 0.3 is 0 Å². The highest BCUT2D eigenvalue weighted by molar-refractivity contribution is 6.32. The number of carbonyl (C=O) groups excluding carboxylic acids is 1. The number of carbonyl (C=O) groups is 1. The summed E-state index contributed by atoms with van der Waals surface area (Å²) in [6.07, 6.45) is 0. The Hall–Kier alpha value is -2.44. The van der Waals surface area contributed by atoms with Crippen molar-refractivity contribution in [2.45, 2.75) is 0 Å². The summed E-state index contributed by atoms with van der Waals surface area (Å²) in [5.41, 5.74) is 6.87. The number of benzene rings is 2. The number of oxime groups is 1. The molecule has 0 heterocycles. The van der Waals surface area contributed by atoms with Gasteiger partial charge in [-0.3, -0.25) is 4.79 Å². The van der Waals surface area contributed by atoms with Crippen LogP contribution in [0.25, 0.3) is 0 Å². The first-order valence-electron chi connectivity index (χ1n) is 6.84. The van der Waals surface area contributed by atoms with Crippen molar-refractivity contribution in [2.24, 2.45) is 10.9 Å². The van der Waals surface area contributed by atoms with Crippen molar-refractivity contribution < 1.29 is 14.4 Å². The van der Waals surface area contributed by atoms with Crippen molar-refractivity contribution in [2.75, 3.05) is 19.0 Å². The maximum absolute atomic E-state index is 11.8. The number of nitrogens with one attached hydrogen (secondary N) is 1. The third-order valence-corrected chi connectivity index (χ3v) is 3.44. The van der Waals surface area contributed by atoms with Crippen molar-refractivity contribution in [1.29, 1.82) is 0 Å². The molecule has 0 unspecified atom stereocenters. The van der Waals surface area contributed by atoms with Crippen molar-refractivity contribution in [3.8, 4) is 5.75 Å². The zero-order valence-corrected chi connectivity index (χ0v) is 14.3. The molecule has 0 bridgehead atoms. The van der Waals surface area contributed by atoms with Gasteiger partial charge in [0.25, 0.3) is 5.91 Å². The average molecular weight is 368 g/mol. The summed E-state index contributed by atoms with van der Waals surface area (Å²) < 4.78 is 5.04. The van der Waals surface area contributed by atoms with Gasteiger partial charge < -0.3 is 20.6 Å². The lowest BCUT2D eigenvalue weighted by atomic mass is 10.2. The van der Waals surface area contributed by atoms with Crippen molar-refractivity contribution in [3.63, 3.8) is 0 Å². The van der Waals surface area contributed by atoms with E-state index in [2.05, 4.69) is 10.5 Å². The maximum Gasteiger partial charge on any atom is 0.265 e. The molecule has 2 aromatic rings. The molecule has 0 aliphatic carbocycles. The fraction of sp³-hybridized carbons (Fsp3) is 0.125. The van der Waals surface area contributed by atoms with Gasteiger partial charge in [0.15, 0.2) is 12.4 Å². The van der Waals surface area contributed by atoms with E-state index in [0.29, 0.717) is 27.0 Å². The minimum atomic E-state index is -0.404. The standard InChI is InChI=1S/C16H15Cl2N3O3/c1-23-14-6-5-12(8-13(14)18)20-15(22)9-24-21-16(19)10-3-2-4-11(17)7-10/h2-8H,9H2,1H3,(H2,19,21)(H,20,22). The minimum Gasteiger partial charge on any atom is -0.495 e. The van der Waals surface area contributed by atoms with E-state index in [-0.39, 0.29) is 12.4 Å². The molecule has 0 aliphatic rings. The minimum absolute atomic E-state index is 0.123. The van der Waals surface area contributed by atoms with E-state index in [1.807, 2.05) is 0 Å². The van der Waals surface area contributed by atoms with Crippen LogP contribution in [0.3, 0.4) is 0 Å². The number of nitrogens with zero attached hydrogens (tertiary/aromatic N) is 1. The van der Waals surface area contributed by atoms with E-state index >= 15 is 0 Å². The predicted molar refractivity (Wildman–Crippen MR) is 94.8 cm³/mol. The van der Waals surface area contributed by atoms with Crippen LogP contribution in [0.4, 0.5) is 5.69 Å². The zero-order valence-electron chi connectivity index (χ0n) is 12.8. The molecule has 3 N–H and O–H groups in total. The lowest BCUT2D eigenvalue weighted by Crippen LogP contribution is -2.19. The van der Waals surface area contributed by atoms with Gasteiger partial charge in [0, 0.05) is 16.3 Å². The van der Waals surface area contributed by atoms with Crippen LogP contribution in [-0.4, -0.2) is 25.5 Å². The third kappa shape index (κ3) is 5.04. The summed E-state index contributed by atoms with van der Waals surface area (Å²) in [5.74, 6) is 0.237. The van der Waals surface area contributed by atoms with Gasteiger partial charge in [0.2, 0.25) is 0 Å². The Bertz CT molecular complexity index is 766. The van der Waals surface area contributed by atoms with Crippen LogP contribution in [0.1, 0.15) is 5.56 Å². The Morgan fingerprint density at radius 2 is 2.04 bits per heavy atom. The topological polar surface area (TPSA) is 85.9 Å². The smallest absolute Gasteiger partial charge is 0.265 e. The van der Waals surface area contributed by atoms with Crippen LogP contribution in [0.15, 0.2) is 47.6 Å². The molecular weight excluding hydrogens is 353 g/mol. The van der Waals surface area contributed by atoms with E-state index in [4.69, 9.17) is 38.5 Å². The molecular formula is C16H15Cl2N3O3. The fourth-order valence-corrected chi connectivity index (χ4v) is 2.25. The molecule has 0 saturated heterocycles. The van der Waals surface area contributed by atoms with Crippen LogP contribution >= 0.6 is 23.2 Å². The SMILES string of the molecule is COc1ccc(NC(=O)CO/N=C(/N)c2cccc(Cl)c2)cc1Cl. The Labute approximate surface area is 149 Å². The monoisotopic (exact) mass is 367 g/mol. The van der Waals surface area contributed by atoms with E-state index < -0.39 is 5.91 Å². The number of hydrogen-bond acceptors (Lipinski definition) is 4. The summed E-state index contributed by atoms with van der Waals surface area (Å²) in [5, 5.41) is 7.23. The highest BCUT2D eigenvalue weighted by atomic mass is 35.5. The number of anilines is 1. The van der Waals surface area contributed by atoms with Gasteiger partial charge in [-0.25, -0.2) is 0 Å². The first-order valence-corrected chi connectivity index (χ1v) is 7.60. The number of ether oxygens (including phenoxy) is 1. The van der Waals surface area contributed by atoms with Gasteiger partial charge in [-0.1, -0.05) is 40.5 Å². The summed E-state index contributed by atoms with van der Waals surface area (Å²) >= 11 is 11.8. The molecule has 0 radical (unpaired) electrons. The first-order chi connectivity index (χ1) is 11.5. The second kappa shape index (κ2) is 8.42. The molecule has 2 rings (SSSR count). The Morgan fingerprint density at radius 1 is 1.25 bits per heavy atom. The molecule has 1 amide bonds.